The molecule has 3 aromatic carbocycles. The first-order chi connectivity index (χ1) is 14.2. The van der Waals surface area contributed by atoms with Gasteiger partial charge in [-0.15, -0.1) is 11.3 Å². The summed E-state index contributed by atoms with van der Waals surface area (Å²) < 4.78 is 7.60. The van der Waals surface area contributed by atoms with E-state index in [0.717, 1.165) is 21.8 Å². The zero-order valence-corrected chi connectivity index (χ0v) is 17.7. The van der Waals surface area contributed by atoms with Gasteiger partial charge in [-0.1, -0.05) is 48.0 Å². The fourth-order valence-corrected chi connectivity index (χ4v) is 4.34. The minimum Gasteiger partial charge on any atom is -0.497 e. The van der Waals surface area contributed by atoms with Crippen LogP contribution in [0.25, 0.3) is 16.9 Å². The lowest BCUT2D eigenvalue weighted by atomic mass is 10.1. The largest absolute Gasteiger partial charge is 0.497 e. The van der Waals surface area contributed by atoms with E-state index in [9.17, 15) is 0 Å². The van der Waals surface area contributed by atoms with Gasteiger partial charge in [-0.05, 0) is 61.4 Å². The van der Waals surface area contributed by atoms with Crippen molar-refractivity contribution in [2.45, 2.75) is 20.4 Å². The molecule has 0 aliphatic rings. The Hall–Kier alpha value is -3.11. The van der Waals surface area contributed by atoms with Crippen molar-refractivity contribution in [2.24, 2.45) is 4.99 Å². The molecule has 0 saturated heterocycles. The Balaban J connectivity index is 1.88. The van der Waals surface area contributed by atoms with Crippen LogP contribution in [0.3, 0.4) is 0 Å². The predicted molar refractivity (Wildman–Crippen MR) is 121 cm³/mol. The third-order valence-corrected chi connectivity index (χ3v) is 5.88. The molecule has 4 heteroatoms. The normalized spacial score (nSPS) is 11.6. The molecular formula is C25H24N2OS. The number of ether oxygens (including phenoxy) is 1. The standard InChI is InChI=1S/C25H24N2OS/c1-18-9-13-22(14-10-18)27-24(21-11-15-23(28-3)16-12-21)19(2)29-25(27)26-17-20-7-5-4-6-8-20/h4-16H,17H2,1-3H3. The monoisotopic (exact) mass is 400 g/mol. The van der Waals surface area contributed by atoms with E-state index in [1.54, 1.807) is 18.4 Å². The van der Waals surface area contributed by atoms with Gasteiger partial charge in [0.25, 0.3) is 0 Å². The van der Waals surface area contributed by atoms with Crippen molar-refractivity contribution >= 4 is 11.3 Å². The first-order valence-electron chi connectivity index (χ1n) is 9.64. The van der Waals surface area contributed by atoms with E-state index < -0.39 is 0 Å². The van der Waals surface area contributed by atoms with Crippen LogP contribution in [0.5, 0.6) is 5.75 Å². The average Bonchev–Trinajstić information content (AvgIpc) is 3.09. The number of benzene rings is 3. The summed E-state index contributed by atoms with van der Waals surface area (Å²) in [5.41, 5.74) is 5.90. The van der Waals surface area contributed by atoms with Crippen LogP contribution in [0.15, 0.2) is 83.9 Å². The summed E-state index contributed by atoms with van der Waals surface area (Å²) in [6.07, 6.45) is 0. The Morgan fingerprint density at radius 2 is 1.55 bits per heavy atom. The number of hydrogen-bond acceptors (Lipinski definition) is 3. The summed E-state index contributed by atoms with van der Waals surface area (Å²) in [5, 5.41) is 0. The summed E-state index contributed by atoms with van der Waals surface area (Å²) in [7, 11) is 1.69. The number of rotatable bonds is 5. The van der Waals surface area contributed by atoms with Gasteiger partial charge in [-0.3, -0.25) is 9.56 Å². The van der Waals surface area contributed by atoms with Crippen LogP contribution in [-0.4, -0.2) is 11.7 Å². The van der Waals surface area contributed by atoms with Gasteiger partial charge < -0.3 is 4.74 Å². The number of hydrogen-bond donors (Lipinski definition) is 0. The smallest absolute Gasteiger partial charge is 0.190 e. The molecule has 0 fully saturated rings. The molecule has 4 aromatic rings. The lowest BCUT2D eigenvalue weighted by molar-refractivity contribution is 0.415. The Kier molecular flexibility index (Phi) is 5.63. The zero-order valence-electron chi connectivity index (χ0n) is 16.9. The highest BCUT2D eigenvalue weighted by Gasteiger charge is 2.14. The summed E-state index contributed by atoms with van der Waals surface area (Å²) >= 11 is 1.73. The fraction of sp³-hybridized carbons (Fsp3) is 0.160. The van der Waals surface area contributed by atoms with E-state index in [0.29, 0.717) is 6.54 Å². The van der Waals surface area contributed by atoms with E-state index >= 15 is 0 Å². The molecule has 0 spiro atoms. The molecule has 0 aliphatic heterocycles. The molecule has 0 atom stereocenters. The lowest BCUT2D eigenvalue weighted by Crippen LogP contribution is -2.14. The van der Waals surface area contributed by atoms with Crippen LogP contribution in [0, 0.1) is 13.8 Å². The van der Waals surface area contributed by atoms with E-state index in [1.807, 2.05) is 18.2 Å². The van der Waals surface area contributed by atoms with Crippen LogP contribution in [0.2, 0.25) is 0 Å². The first-order valence-corrected chi connectivity index (χ1v) is 10.5. The number of nitrogens with zero attached hydrogens (tertiary/aromatic N) is 2. The van der Waals surface area contributed by atoms with E-state index in [2.05, 4.69) is 79.1 Å². The Bertz CT molecular complexity index is 1150. The van der Waals surface area contributed by atoms with Gasteiger partial charge in [0.1, 0.15) is 5.75 Å². The number of aromatic nitrogens is 1. The van der Waals surface area contributed by atoms with Gasteiger partial charge in [0, 0.05) is 10.6 Å². The van der Waals surface area contributed by atoms with Crippen LogP contribution in [-0.2, 0) is 6.54 Å². The molecule has 0 N–H and O–H groups in total. The molecule has 1 aromatic heterocycles. The second-order valence-corrected chi connectivity index (χ2v) is 8.17. The molecule has 146 valence electrons. The average molecular weight is 401 g/mol. The first kappa shape index (κ1) is 19.2. The third kappa shape index (κ3) is 4.17. The molecule has 0 aliphatic carbocycles. The summed E-state index contributed by atoms with van der Waals surface area (Å²) in [6.45, 7) is 4.93. The minimum atomic E-state index is 0.661. The van der Waals surface area contributed by atoms with Crippen molar-refractivity contribution in [1.29, 1.82) is 0 Å². The van der Waals surface area contributed by atoms with E-state index in [-0.39, 0.29) is 0 Å². The van der Waals surface area contributed by atoms with Gasteiger partial charge in [-0.2, -0.15) is 0 Å². The summed E-state index contributed by atoms with van der Waals surface area (Å²) in [6, 6.07) is 27.2. The van der Waals surface area contributed by atoms with Gasteiger partial charge in [0.15, 0.2) is 4.80 Å². The van der Waals surface area contributed by atoms with E-state index in [1.165, 1.54) is 21.7 Å². The molecular weight excluding hydrogens is 376 g/mol. The van der Waals surface area contributed by atoms with Crippen LogP contribution in [0.1, 0.15) is 16.0 Å². The fourth-order valence-electron chi connectivity index (χ4n) is 3.34. The van der Waals surface area contributed by atoms with Crippen molar-refractivity contribution in [1.82, 2.24) is 4.57 Å². The summed E-state index contributed by atoms with van der Waals surface area (Å²) in [5.74, 6) is 0.859. The molecule has 0 saturated carbocycles. The van der Waals surface area contributed by atoms with Crippen molar-refractivity contribution in [2.75, 3.05) is 7.11 Å². The highest BCUT2D eigenvalue weighted by Crippen LogP contribution is 2.29. The van der Waals surface area contributed by atoms with Gasteiger partial charge >= 0.3 is 0 Å². The number of methoxy groups -OCH3 is 1. The van der Waals surface area contributed by atoms with Crippen molar-refractivity contribution in [3.05, 3.63) is 99.7 Å². The van der Waals surface area contributed by atoms with Crippen molar-refractivity contribution in [3.63, 3.8) is 0 Å². The van der Waals surface area contributed by atoms with Crippen molar-refractivity contribution < 1.29 is 4.74 Å². The molecule has 0 amide bonds. The van der Waals surface area contributed by atoms with Crippen LogP contribution < -0.4 is 9.54 Å². The molecule has 4 rings (SSSR count). The lowest BCUT2D eigenvalue weighted by Gasteiger charge is -2.11. The maximum atomic E-state index is 5.33. The highest BCUT2D eigenvalue weighted by atomic mass is 32.1. The second-order valence-electron chi connectivity index (χ2n) is 6.99. The van der Waals surface area contributed by atoms with Crippen LogP contribution >= 0.6 is 11.3 Å². The molecule has 29 heavy (non-hydrogen) atoms. The number of thiazole rings is 1. The topological polar surface area (TPSA) is 26.5 Å². The van der Waals surface area contributed by atoms with Gasteiger partial charge in [0.05, 0.1) is 19.3 Å². The second kappa shape index (κ2) is 8.50. The van der Waals surface area contributed by atoms with Crippen LogP contribution in [0.4, 0.5) is 0 Å². The molecule has 1 heterocycles. The Morgan fingerprint density at radius 1 is 0.862 bits per heavy atom. The maximum absolute atomic E-state index is 5.33. The zero-order chi connectivity index (χ0) is 20.2. The predicted octanol–water partition coefficient (Wildman–Crippen LogP) is 5.93. The molecule has 0 radical (unpaired) electrons. The number of aryl methyl sites for hydroxylation is 2. The molecule has 0 unspecified atom stereocenters. The molecule has 3 nitrogen and oxygen atoms in total. The Labute approximate surface area is 175 Å². The van der Waals surface area contributed by atoms with Gasteiger partial charge in [-0.25, -0.2) is 0 Å². The SMILES string of the molecule is COc1ccc(-c2c(C)sc(=NCc3ccccc3)n2-c2ccc(C)cc2)cc1. The summed E-state index contributed by atoms with van der Waals surface area (Å²) in [4.78, 5) is 7.21. The molecule has 0 bridgehead atoms. The third-order valence-electron chi connectivity index (χ3n) is 4.89. The maximum Gasteiger partial charge on any atom is 0.190 e. The van der Waals surface area contributed by atoms with Crippen molar-refractivity contribution in [3.8, 4) is 22.7 Å². The van der Waals surface area contributed by atoms with E-state index in [4.69, 9.17) is 9.73 Å². The van der Waals surface area contributed by atoms with Gasteiger partial charge in [0.2, 0.25) is 0 Å². The highest BCUT2D eigenvalue weighted by molar-refractivity contribution is 7.09. The minimum absolute atomic E-state index is 0.661. The quantitative estimate of drug-likeness (QED) is 0.408. The Morgan fingerprint density at radius 3 is 2.21 bits per heavy atom.